The fourth-order valence-corrected chi connectivity index (χ4v) is 3.43. The van der Waals surface area contributed by atoms with E-state index in [0.29, 0.717) is 18.7 Å². The SMILES string of the molecule is CN1C(=O)CCC2(CNC(=O)c3ccnn3C)CCC=C12. The number of allylic oxidation sites excluding steroid dienone is 1. The van der Waals surface area contributed by atoms with E-state index in [1.165, 1.54) is 0 Å². The van der Waals surface area contributed by atoms with E-state index in [1.54, 1.807) is 28.9 Å². The Morgan fingerprint density at radius 1 is 1.43 bits per heavy atom. The second-order valence-corrected chi connectivity index (χ2v) is 5.88. The molecule has 0 radical (unpaired) electrons. The van der Waals surface area contributed by atoms with Gasteiger partial charge in [0.15, 0.2) is 0 Å². The molecule has 1 atom stereocenters. The molecular weight excluding hydrogens is 268 g/mol. The van der Waals surface area contributed by atoms with Gasteiger partial charge in [0.25, 0.3) is 5.91 Å². The molecule has 6 heteroatoms. The quantitative estimate of drug-likeness (QED) is 0.904. The molecule has 2 amide bonds. The number of carbonyl (C=O) groups is 2. The van der Waals surface area contributed by atoms with Crippen molar-refractivity contribution in [3.8, 4) is 0 Å². The zero-order valence-corrected chi connectivity index (χ0v) is 12.4. The van der Waals surface area contributed by atoms with Crippen molar-refractivity contribution in [1.82, 2.24) is 20.0 Å². The van der Waals surface area contributed by atoms with Crippen molar-refractivity contribution in [3.63, 3.8) is 0 Å². The number of nitrogens with zero attached hydrogens (tertiary/aromatic N) is 3. The number of rotatable bonds is 3. The van der Waals surface area contributed by atoms with Gasteiger partial charge in [-0.05, 0) is 25.3 Å². The van der Waals surface area contributed by atoms with Crippen LogP contribution in [0.5, 0.6) is 0 Å². The molecule has 1 fully saturated rings. The Hall–Kier alpha value is -2.11. The number of hydrogen-bond donors (Lipinski definition) is 1. The van der Waals surface area contributed by atoms with Crippen LogP contribution < -0.4 is 5.32 Å². The van der Waals surface area contributed by atoms with Gasteiger partial charge in [0, 0.05) is 44.4 Å². The first-order valence-corrected chi connectivity index (χ1v) is 7.27. The molecule has 0 spiro atoms. The molecular formula is C15H20N4O2. The van der Waals surface area contributed by atoms with E-state index < -0.39 is 0 Å². The Bertz CT molecular complexity index is 619. The fourth-order valence-electron chi connectivity index (χ4n) is 3.43. The van der Waals surface area contributed by atoms with Gasteiger partial charge in [-0.15, -0.1) is 0 Å². The van der Waals surface area contributed by atoms with E-state index in [4.69, 9.17) is 0 Å². The van der Waals surface area contributed by atoms with Crippen LogP contribution in [-0.2, 0) is 11.8 Å². The van der Waals surface area contributed by atoms with E-state index in [2.05, 4.69) is 16.5 Å². The maximum Gasteiger partial charge on any atom is 0.269 e. The summed E-state index contributed by atoms with van der Waals surface area (Å²) < 4.78 is 1.56. The highest BCUT2D eigenvalue weighted by molar-refractivity contribution is 5.92. The van der Waals surface area contributed by atoms with Crippen molar-refractivity contribution >= 4 is 11.8 Å². The van der Waals surface area contributed by atoms with Gasteiger partial charge in [-0.2, -0.15) is 5.10 Å². The Kier molecular flexibility index (Phi) is 3.31. The topological polar surface area (TPSA) is 67.2 Å². The average Bonchev–Trinajstić information content (AvgIpc) is 3.08. The monoisotopic (exact) mass is 288 g/mol. The molecule has 1 aromatic rings. The molecule has 1 saturated heterocycles. The van der Waals surface area contributed by atoms with Crippen LogP contribution in [0, 0.1) is 5.41 Å². The van der Waals surface area contributed by atoms with E-state index in [1.807, 2.05) is 7.05 Å². The number of piperidine rings is 1. The maximum absolute atomic E-state index is 12.2. The molecule has 1 aliphatic carbocycles. The highest BCUT2D eigenvalue weighted by Crippen LogP contribution is 2.46. The van der Waals surface area contributed by atoms with Crippen molar-refractivity contribution in [3.05, 3.63) is 29.7 Å². The third-order valence-corrected chi connectivity index (χ3v) is 4.70. The zero-order chi connectivity index (χ0) is 15.0. The lowest BCUT2D eigenvalue weighted by atomic mass is 9.77. The first-order valence-electron chi connectivity index (χ1n) is 7.27. The van der Waals surface area contributed by atoms with Crippen molar-refractivity contribution in [2.45, 2.75) is 25.7 Å². The molecule has 0 bridgehead atoms. The predicted octanol–water partition coefficient (Wildman–Crippen LogP) is 1.07. The molecule has 1 aliphatic heterocycles. The number of nitrogens with one attached hydrogen (secondary N) is 1. The Balaban J connectivity index is 1.73. The average molecular weight is 288 g/mol. The van der Waals surface area contributed by atoms with E-state index in [0.717, 1.165) is 25.0 Å². The number of carbonyl (C=O) groups excluding carboxylic acids is 2. The lowest BCUT2D eigenvalue weighted by Crippen LogP contribution is -2.46. The highest BCUT2D eigenvalue weighted by Gasteiger charge is 2.44. The number of aromatic nitrogens is 2. The molecule has 0 saturated carbocycles. The van der Waals surface area contributed by atoms with E-state index in [9.17, 15) is 9.59 Å². The van der Waals surface area contributed by atoms with Crippen molar-refractivity contribution in [2.24, 2.45) is 12.5 Å². The van der Waals surface area contributed by atoms with Crippen LogP contribution in [0.15, 0.2) is 24.0 Å². The normalized spacial score (nSPS) is 24.8. The second-order valence-electron chi connectivity index (χ2n) is 5.88. The lowest BCUT2D eigenvalue weighted by molar-refractivity contribution is -0.131. The lowest BCUT2D eigenvalue weighted by Gasteiger charge is -2.41. The summed E-state index contributed by atoms with van der Waals surface area (Å²) in [5.74, 6) is 0.0481. The molecule has 0 aromatic carbocycles. The number of amides is 2. The van der Waals surface area contributed by atoms with Crippen LogP contribution in [0.25, 0.3) is 0 Å². The minimum atomic E-state index is -0.116. The van der Waals surface area contributed by atoms with Crippen LogP contribution in [-0.4, -0.2) is 40.1 Å². The van der Waals surface area contributed by atoms with Crippen molar-refractivity contribution < 1.29 is 9.59 Å². The molecule has 112 valence electrons. The van der Waals surface area contributed by atoms with E-state index in [-0.39, 0.29) is 17.2 Å². The van der Waals surface area contributed by atoms with Gasteiger partial charge in [0.2, 0.25) is 5.91 Å². The van der Waals surface area contributed by atoms with Crippen LogP contribution in [0.2, 0.25) is 0 Å². The predicted molar refractivity (Wildman–Crippen MR) is 77.3 cm³/mol. The minimum absolute atomic E-state index is 0.0864. The smallest absolute Gasteiger partial charge is 0.269 e. The standard InChI is InChI=1S/C15H20N4O2/c1-18-12-4-3-7-15(12,8-5-13(18)20)10-16-14(21)11-6-9-17-19(11)2/h4,6,9H,3,5,7-8,10H2,1-2H3,(H,16,21). The third-order valence-electron chi connectivity index (χ3n) is 4.70. The molecule has 2 heterocycles. The maximum atomic E-state index is 12.2. The molecule has 21 heavy (non-hydrogen) atoms. The van der Waals surface area contributed by atoms with Gasteiger partial charge in [-0.3, -0.25) is 14.3 Å². The first kappa shape index (κ1) is 13.9. The Labute approximate surface area is 123 Å². The second kappa shape index (κ2) is 5.02. The Morgan fingerprint density at radius 2 is 2.24 bits per heavy atom. The van der Waals surface area contributed by atoms with Crippen LogP contribution in [0.3, 0.4) is 0 Å². The number of aryl methyl sites for hydroxylation is 1. The summed E-state index contributed by atoms with van der Waals surface area (Å²) in [6, 6.07) is 1.70. The summed E-state index contributed by atoms with van der Waals surface area (Å²) in [6.45, 7) is 0.570. The molecule has 2 aliphatic rings. The number of hydrogen-bond acceptors (Lipinski definition) is 3. The van der Waals surface area contributed by atoms with Crippen molar-refractivity contribution in [1.29, 1.82) is 0 Å². The van der Waals surface area contributed by atoms with Gasteiger partial charge >= 0.3 is 0 Å². The Morgan fingerprint density at radius 3 is 2.95 bits per heavy atom. The van der Waals surface area contributed by atoms with Gasteiger partial charge in [0.05, 0.1) is 0 Å². The summed E-state index contributed by atoms with van der Waals surface area (Å²) in [6.07, 6.45) is 7.07. The molecule has 1 unspecified atom stereocenters. The summed E-state index contributed by atoms with van der Waals surface area (Å²) in [4.78, 5) is 25.8. The summed E-state index contributed by atoms with van der Waals surface area (Å²) in [5.41, 5.74) is 1.54. The summed E-state index contributed by atoms with van der Waals surface area (Å²) in [7, 11) is 3.58. The van der Waals surface area contributed by atoms with Gasteiger partial charge in [-0.1, -0.05) is 6.08 Å². The van der Waals surface area contributed by atoms with E-state index >= 15 is 0 Å². The summed E-state index contributed by atoms with van der Waals surface area (Å²) in [5, 5.41) is 7.03. The number of likely N-dealkylation sites (tertiary alicyclic amines) is 1. The minimum Gasteiger partial charge on any atom is -0.350 e. The van der Waals surface area contributed by atoms with Crippen LogP contribution >= 0.6 is 0 Å². The first-order chi connectivity index (χ1) is 10.0. The summed E-state index contributed by atoms with van der Waals surface area (Å²) >= 11 is 0. The van der Waals surface area contributed by atoms with Gasteiger partial charge < -0.3 is 10.2 Å². The molecule has 1 aromatic heterocycles. The van der Waals surface area contributed by atoms with Crippen LogP contribution in [0.1, 0.15) is 36.2 Å². The van der Waals surface area contributed by atoms with Gasteiger partial charge in [0.1, 0.15) is 5.69 Å². The molecule has 3 rings (SSSR count). The van der Waals surface area contributed by atoms with Crippen LogP contribution in [0.4, 0.5) is 0 Å². The number of fused-ring (bicyclic) bond motifs is 1. The van der Waals surface area contributed by atoms with Gasteiger partial charge in [-0.25, -0.2) is 0 Å². The molecule has 1 N–H and O–H groups in total. The fraction of sp³-hybridized carbons (Fsp3) is 0.533. The largest absolute Gasteiger partial charge is 0.350 e. The zero-order valence-electron chi connectivity index (χ0n) is 12.4. The molecule has 6 nitrogen and oxygen atoms in total. The third kappa shape index (κ3) is 2.24. The van der Waals surface area contributed by atoms with Crippen molar-refractivity contribution in [2.75, 3.05) is 13.6 Å². The highest BCUT2D eigenvalue weighted by atomic mass is 16.2.